The van der Waals surface area contributed by atoms with Gasteiger partial charge < -0.3 is 18.9 Å². The van der Waals surface area contributed by atoms with Crippen LogP contribution in [0.1, 0.15) is 99.8 Å². The fraction of sp³-hybridized carbons (Fsp3) is 0.529. The van der Waals surface area contributed by atoms with E-state index >= 15 is 0 Å². The summed E-state index contributed by atoms with van der Waals surface area (Å²) in [5, 5.41) is -1.46. The van der Waals surface area contributed by atoms with Gasteiger partial charge in [-0.1, -0.05) is 97.3 Å². The van der Waals surface area contributed by atoms with Crippen LogP contribution in [-0.4, -0.2) is 37.1 Å². The fourth-order valence-corrected chi connectivity index (χ4v) is 7.45. The molecule has 0 bridgehead atoms. The SMILES string of the molecule is CC1CCC1(C)CCCOC(=O)c1c(Cl)c(Cl)cc(Cl)c1OC(=O)C(=O)Oc1c(Cl)cc(Cl)c(Cl)c1C(=O)OCCCC1(C)CCC1C. The first-order chi connectivity index (χ1) is 22.5. The molecular weight excluding hydrogens is 749 g/mol. The van der Waals surface area contributed by atoms with Crippen LogP contribution in [0.4, 0.5) is 0 Å². The summed E-state index contributed by atoms with van der Waals surface area (Å²) in [4.78, 5) is 52.2. The van der Waals surface area contributed by atoms with Gasteiger partial charge in [0.25, 0.3) is 0 Å². The molecule has 4 atom stereocenters. The Bertz CT molecular complexity index is 1500. The van der Waals surface area contributed by atoms with Crippen LogP contribution in [-0.2, 0) is 19.1 Å². The van der Waals surface area contributed by atoms with Crippen molar-refractivity contribution in [1.82, 2.24) is 0 Å². The third-order valence-electron chi connectivity index (χ3n) is 10.1. The van der Waals surface area contributed by atoms with E-state index in [-0.39, 0.29) is 54.2 Å². The molecule has 4 unspecified atom stereocenters. The maximum absolute atomic E-state index is 13.1. The summed E-state index contributed by atoms with van der Waals surface area (Å²) in [6, 6.07) is 2.26. The summed E-state index contributed by atoms with van der Waals surface area (Å²) in [5.41, 5.74) is -0.544. The van der Waals surface area contributed by atoms with E-state index in [2.05, 4.69) is 27.7 Å². The highest BCUT2D eigenvalue weighted by molar-refractivity contribution is 6.47. The average molecular weight is 785 g/mol. The number of hydrogen-bond donors (Lipinski definition) is 0. The lowest BCUT2D eigenvalue weighted by molar-refractivity contribution is -0.156. The van der Waals surface area contributed by atoms with Gasteiger partial charge in [-0.05, 0) is 86.2 Å². The van der Waals surface area contributed by atoms with E-state index in [0.717, 1.165) is 50.7 Å². The number of carbonyl (C=O) groups excluding carboxylic acids is 4. The molecule has 2 aromatic carbocycles. The summed E-state index contributed by atoms with van der Waals surface area (Å²) >= 11 is 37.4. The topological polar surface area (TPSA) is 105 Å². The molecule has 4 rings (SSSR count). The summed E-state index contributed by atoms with van der Waals surface area (Å²) in [6.45, 7) is 8.89. The molecule has 0 N–H and O–H groups in total. The van der Waals surface area contributed by atoms with E-state index < -0.39 is 46.5 Å². The van der Waals surface area contributed by atoms with Crippen LogP contribution >= 0.6 is 69.6 Å². The molecule has 14 heteroatoms. The first-order valence-electron chi connectivity index (χ1n) is 15.6. The smallest absolute Gasteiger partial charge is 0.423 e. The van der Waals surface area contributed by atoms with Crippen LogP contribution in [0.3, 0.4) is 0 Å². The van der Waals surface area contributed by atoms with Gasteiger partial charge in [0.15, 0.2) is 11.5 Å². The van der Waals surface area contributed by atoms with Gasteiger partial charge in [0.05, 0.1) is 43.3 Å². The predicted molar refractivity (Wildman–Crippen MR) is 186 cm³/mol. The molecule has 0 saturated heterocycles. The average Bonchev–Trinajstić information content (AvgIpc) is 3.04. The minimum atomic E-state index is -1.64. The van der Waals surface area contributed by atoms with Crippen LogP contribution in [0, 0.1) is 22.7 Å². The lowest BCUT2D eigenvalue weighted by atomic mass is 9.60. The van der Waals surface area contributed by atoms with Crippen molar-refractivity contribution in [3.63, 3.8) is 0 Å². The van der Waals surface area contributed by atoms with Gasteiger partial charge >= 0.3 is 23.9 Å². The van der Waals surface area contributed by atoms with Crippen molar-refractivity contribution in [2.24, 2.45) is 22.7 Å². The highest BCUT2D eigenvalue weighted by Gasteiger charge is 2.40. The molecule has 0 aromatic heterocycles. The highest BCUT2D eigenvalue weighted by atomic mass is 35.5. The van der Waals surface area contributed by atoms with Gasteiger partial charge in [0, 0.05) is 0 Å². The number of halogens is 6. The maximum atomic E-state index is 13.1. The Hall–Kier alpha value is -1.94. The molecule has 262 valence electrons. The normalized spacial score (nSPS) is 23.0. The van der Waals surface area contributed by atoms with Crippen LogP contribution in [0.5, 0.6) is 11.5 Å². The molecule has 2 aliphatic carbocycles. The zero-order chi connectivity index (χ0) is 35.6. The minimum Gasteiger partial charge on any atom is -0.462 e. The Kier molecular flexibility index (Phi) is 12.9. The quantitative estimate of drug-likeness (QED) is 0.0689. The second-order valence-corrected chi connectivity index (χ2v) is 15.5. The summed E-state index contributed by atoms with van der Waals surface area (Å²) in [5.74, 6) is -5.21. The zero-order valence-electron chi connectivity index (χ0n) is 26.9. The summed E-state index contributed by atoms with van der Waals surface area (Å²) in [6.07, 6.45) is 7.40. The van der Waals surface area contributed by atoms with E-state index in [1.807, 2.05) is 0 Å². The molecular formula is C34H36Cl6O8. The van der Waals surface area contributed by atoms with Crippen LogP contribution in [0.15, 0.2) is 12.1 Å². The first-order valence-corrected chi connectivity index (χ1v) is 17.9. The molecule has 8 nitrogen and oxygen atoms in total. The summed E-state index contributed by atoms with van der Waals surface area (Å²) < 4.78 is 21.2. The van der Waals surface area contributed by atoms with E-state index in [0.29, 0.717) is 24.7 Å². The molecule has 0 spiro atoms. The van der Waals surface area contributed by atoms with E-state index in [1.165, 1.54) is 0 Å². The van der Waals surface area contributed by atoms with Crippen molar-refractivity contribution in [2.75, 3.05) is 13.2 Å². The largest absolute Gasteiger partial charge is 0.462 e. The number of rotatable bonds is 12. The monoisotopic (exact) mass is 782 g/mol. The highest BCUT2D eigenvalue weighted by Crippen LogP contribution is 2.50. The molecule has 48 heavy (non-hydrogen) atoms. The fourth-order valence-electron chi connectivity index (χ4n) is 6.01. The Morgan fingerprint density at radius 3 is 1.29 bits per heavy atom. The van der Waals surface area contributed by atoms with E-state index in [9.17, 15) is 19.2 Å². The molecule has 0 heterocycles. The lowest BCUT2D eigenvalue weighted by Crippen LogP contribution is -2.35. The van der Waals surface area contributed by atoms with Crippen molar-refractivity contribution < 1.29 is 38.1 Å². The molecule has 2 aliphatic rings. The van der Waals surface area contributed by atoms with E-state index in [1.54, 1.807) is 0 Å². The van der Waals surface area contributed by atoms with Crippen molar-refractivity contribution in [3.8, 4) is 11.5 Å². The number of ether oxygens (including phenoxy) is 4. The molecule has 0 aliphatic heterocycles. The third kappa shape index (κ3) is 8.50. The first kappa shape index (κ1) is 38.9. The Morgan fingerprint density at radius 2 is 1.00 bits per heavy atom. The Balaban J connectivity index is 1.46. The van der Waals surface area contributed by atoms with Gasteiger partial charge in [-0.25, -0.2) is 19.2 Å². The van der Waals surface area contributed by atoms with Gasteiger partial charge in [-0.15, -0.1) is 0 Å². The second kappa shape index (κ2) is 15.9. The van der Waals surface area contributed by atoms with Gasteiger partial charge in [0.2, 0.25) is 0 Å². The molecule has 0 radical (unpaired) electrons. The van der Waals surface area contributed by atoms with Gasteiger partial charge in [-0.2, -0.15) is 0 Å². The second-order valence-electron chi connectivity index (χ2n) is 13.2. The standard InChI is InChI=1S/C34H36Cl6O8/c1-17-7-11-33(17,3)9-5-13-45-29(41)23-25(39)19(35)15-21(37)27(23)47-31(43)32(44)48-28-22(38)16-20(36)26(40)24(28)30(42)46-14-6-10-34(4)12-8-18(34)2/h15-18H,5-14H2,1-4H3. The van der Waals surface area contributed by atoms with Crippen molar-refractivity contribution in [2.45, 2.75) is 79.1 Å². The van der Waals surface area contributed by atoms with Crippen LogP contribution in [0.25, 0.3) is 0 Å². The lowest BCUT2D eigenvalue weighted by Gasteiger charge is -2.45. The molecule has 2 fully saturated rings. The van der Waals surface area contributed by atoms with Gasteiger partial charge in [0.1, 0.15) is 11.1 Å². The predicted octanol–water partition coefficient (Wildman–Crippen LogP) is 10.9. The van der Waals surface area contributed by atoms with Crippen molar-refractivity contribution in [1.29, 1.82) is 0 Å². The van der Waals surface area contributed by atoms with Crippen molar-refractivity contribution >= 4 is 93.5 Å². The van der Waals surface area contributed by atoms with Crippen LogP contribution < -0.4 is 9.47 Å². The number of esters is 4. The zero-order valence-corrected chi connectivity index (χ0v) is 31.4. The Morgan fingerprint density at radius 1 is 0.646 bits per heavy atom. The third-order valence-corrected chi connectivity index (χ3v) is 12.3. The maximum Gasteiger partial charge on any atom is 0.423 e. The van der Waals surface area contributed by atoms with Crippen LogP contribution in [0.2, 0.25) is 30.1 Å². The Labute approximate surface area is 309 Å². The summed E-state index contributed by atoms with van der Waals surface area (Å²) in [7, 11) is 0. The van der Waals surface area contributed by atoms with Crippen molar-refractivity contribution in [3.05, 3.63) is 53.4 Å². The number of hydrogen-bond acceptors (Lipinski definition) is 8. The van der Waals surface area contributed by atoms with E-state index in [4.69, 9.17) is 88.6 Å². The van der Waals surface area contributed by atoms with Gasteiger partial charge in [-0.3, -0.25) is 0 Å². The number of benzene rings is 2. The number of carbonyl (C=O) groups is 4. The molecule has 2 saturated carbocycles. The minimum absolute atomic E-state index is 0.0597. The molecule has 0 amide bonds. The molecule has 2 aromatic rings.